The highest BCUT2D eigenvalue weighted by Crippen LogP contribution is 2.19. The van der Waals surface area contributed by atoms with Crippen molar-refractivity contribution in [2.45, 2.75) is 6.92 Å². The van der Waals surface area contributed by atoms with Crippen molar-refractivity contribution < 1.29 is 22.4 Å². The quantitative estimate of drug-likeness (QED) is 0.460. The minimum absolute atomic E-state index is 0.00353. The molecule has 0 aromatic heterocycles. The molecule has 0 amide bonds. The highest BCUT2D eigenvalue weighted by atomic mass is 19.2. The normalized spacial score (nSPS) is 10.6. The van der Waals surface area contributed by atoms with Gasteiger partial charge >= 0.3 is 0 Å². The van der Waals surface area contributed by atoms with Crippen LogP contribution in [0.1, 0.15) is 21.5 Å². The van der Waals surface area contributed by atoms with Crippen LogP contribution in [0.15, 0.2) is 30.3 Å². The van der Waals surface area contributed by atoms with Crippen LogP contribution in [0, 0.1) is 30.2 Å². The summed E-state index contributed by atoms with van der Waals surface area (Å²) in [6.45, 7) is 1.44. The predicted molar refractivity (Wildman–Crippen MR) is 60.9 cm³/mol. The third-order valence-electron chi connectivity index (χ3n) is 2.67. The van der Waals surface area contributed by atoms with Gasteiger partial charge in [0.25, 0.3) is 0 Å². The number of carbonyl (C=O) groups is 1. The van der Waals surface area contributed by atoms with Crippen LogP contribution < -0.4 is 0 Å². The zero-order chi connectivity index (χ0) is 14.2. The molecule has 0 N–H and O–H groups in total. The minimum atomic E-state index is -1.37. The first-order chi connectivity index (χ1) is 8.90. The lowest BCUT2D eigenvalue weighted by Gasteiger charge is -2.05. The van der Waals surface area contributed by atoms with Gasteiger partial charge in [0.2, 0.25) is 0 Å². The van der Waals surface area contributed by atoms with E-state index < -0.39 is 34.6 Å². The maximum atomic E-state index is 13.4. The second-order valence-corrected chi connectivity index (χ2v) is 4.04. The van der Waals surface area contributed by atoms with Gasteiger partial charge in [-0.1, -0.05) is 0 Å². The molecule has 0 heterocycles. The van der Waals surface area contributed by atoms with Crippen molar-refractivity contribution in [2.75, 3.05) is 0 Å². The molecule has 0 aliphatic carbocycles. The van der Waals surface area contributed by atoms with Crippen molar-refractivity contribution in [2.24, 2.45) is 0 Å². The summed E-state index contributed by atoms with van der Waals surface area (Å²) in [5.41, 5.74) is -0.387. The van der Waals surface area contributed by atoms with Crippen molar-refractivity contribution in [3.63, 3.8) is 0 Å². The highest BCUT2D eigenvalue weighted by Gasteiger charge is 2.18. The number of halogens is 4. The lowest BCUT2D eigenvalue weighted by atomic mass is 10.0. The summed E-state index contributed by atoms with van der Waals surface area (Å²) >= 11 is 0. The Kier molecular flexibility index (Phi) is 3.38. The van der Waals surface area contributed by atoms with Gasteiger partial charge in [-0.25, -0.2) is 17.6 Å². The van der Waals surface area contributed by atoms with Gasteiger partial charge in [0.05, 0.1) is 5.56 Å². The number of benzene rings is 2. The van der Waals surface area contributed by atoms with E-state index in [2.05, 4.69) is 0 Å². The maximum Gasteiger partial charge on any atom is 0.196 e. The van der Waals surface area contributed by atoms with Gasteiger partial charge < -0.3 is 0 Å². The molecule has 0 saturated heterocycles. The van der Waals surface area contributed by atoms with E-state index in [-0.39, 0.29) is 11.1 Å². The molecule has 5 heteroatoms. The Hall–Kier alpha value is -2.17. The monoisotopic (exact) mass is 268 g/mol. The molecule has 1 nitrogen and oxygen atoms in total. The van der Waals surface area contributed by atoms with Gasteiger partial charge in [-0.2, -0.15) is 0 Å². The average molecular weight is 268 g/mol. The van der Waals surface area contributed by atoms with Gasteiger partial charge in [0.1, 0.15) is 11.6 Å². The third kappa shape index (κ3) is 2.50. The predicted octanol–water partition coefficient (Wildman–Crippen LogP) is 3.78. The van der Waals surface area contributed by atoms with Crippen molar-refractivity contribution in [3.8, 4) is 0 Å². The van der Waals surface area contributed by atoms with Crippen LogP contribution in [0.5, 0.6) is 0 Å². The fourth-order valence-corrected chi connectivity index (χ4v) is 1.64. The number of rotatable bonds is 2. The molecule has 0 aliphatic rings. The summed E-state index contributed by atoms with van der Waals surface area (Å²) in [6, 6.07) is 4.23. The lowest BCUT2D eigenvalue weighted by Crippen LogP contribution is -2.07. The van der Waals surface area contributed by atoms with Crippen molar-refractivity contribution >= 4 is 5.78 Å². The van der Waals surface area contributed by atoms with E-state index in [4.69, 9.17) is 0 Å². The summed E-state index contributed by atoms with van der Waals surface area (Å²) in [6.07, 6.45) is 0. The van der Waals surface area contributed by atoms with E-state index in [1.807, 2.05) is 0 Å². The van der Waals surface area contributed by atoms with Gasteiger partial charge in [0.15, 0.2) is 17.4 Å². The van der Waals surface area contributed by atoms with E-state index in [1.54, 1.807) is 0 Å². The second kappa shape index (κ2) is 4.84. The Balaban J connectivity index is 2.49. The van der Waals surface area contributed by atoms with Crippen LogP contribution >= 0.6 is 0 Å². The highest BCUT2D eigenvalue weighted by molar-refractivity contribution is 6.09. The first kappa shape index (κ1) is 13.3. The van der Waals surface area contributed by atoms with Crippen LogP contribution in [-0.2, 0) is 0 Å². The summed E-state index contributed by atoms with van der Waals surface area (Å²) in [5.74, 6) is -5.19. The van der Waals surface area contributed by atoms with Crippen molar-refractivity contribution in [3.05, 3.63) is 70.3 Å². The molecule has 0 spiro atoms. The molecule has 0 atom stereocenters. The molecule has 98 valence electrons. The van der Waals surface area contributed by atoms with Crippen LogP contribution in [0.25, 0.3) is 0 Å². The third-order valence-corrected chi connectivity index (χ3v) is 2.67. The van der Waals surface area contributed by atoms with Crippen LogP contribution in [0.3, 0.4) is 0 Å². The Morgan fingerprint density at radius 3 is 2.11 bits per heavy atom. The lowest BCUT2D eigenvalue weighted by molar-refractivity contribution is 0.103. The van der Waals surface area contributed by atoms with Crippen molar-refractivity contribution in [1.82, 2.24) is 0 Å². The van der Waals surface area contributed by atoms with Gasteiger partial charge in [-0.3, -0.25) is 4.79 Å². The topological polar surface area (TPSA) is 17.1 Å². The van der Waals surface area contributed by atoms with E-state index >= 15 is 0 Å². The molecule has 0 radical (unpaired) electrons. The molecule has 2 aromatic carbocycles. The smallest absolute Gasteiger partial charge is 0.196 e. The largest absolute Gasteiger partial charge is 0.288 e. The van der Waals surface area contributed by atoms with Crippen LogP contribution in [0.2, 0.25) is 0 Å². The summed E-state index contributed by atoms with van der Waals surface area (Å²) in [4.78, 5) is 11.9. The first-order valence-corrected chi connectivity index (χ1v) is 5.35. The molecule has 0 unspecified atom stereocenters. The zero-order valence-electron chi connectivity index (χ0n) is 9.81. The number of ketones is 1. The second-order valence-electron chi connectivity index (χ2n) is 4.04. The SMILES string of the molecule is Cc1cc(C(=O)c2cc(F)c(F)cc2F)ccc1F. The molecule has 19 heavy (non-hydrogen) atoms. The Morgan fingerprint density at radius 1 is 0.842 bits per heavy atom. The summed E-state index contributed by atoms with van der Waals surface area (Å²) in [5, 5.41) is 0. The van der Waals surface area contributed by atoms with E-state index in [0.29, 0.717) is 12.1 Å². The Labute approximate surface area is 106 Å². The van der Waals surface area contributed by atoms with E-state index in [9.17, 15) is 22.4 Å². The van der Waals surface area contributed by atoms with Gasteiger partial charge in [0, 0.05) is 11.6 Å². The van der Waals surface area contributed by atoms with E-state index in [0.717, 1.165) is 12.1 Å². The fourth-order valence-electron chi connectivity index (χ4n) is 1.64. The fraction of sp³-hybridized carbons (Fsp3) is 0.0714. The average Bonchev–Trinajstić information content (AvgIpc) is 2.36. The molecule has 2 aromatic rings. The van der Waals surface area contributed by atoms with Crippen LogP contribution in [-0.4, -0.2) is 5.78 Å². The molecule has 0 saturated carbocycles. The Morgan fingerprint density at radius 2 is 1.47 bits per heavy atom. The molecule has 2 rings (SSSR count). The van der Waals surface area contributed by atoms with Crippen molar-refractivity contribution in [1.29, 1.82) is 0 Å². The molecule has 0 aliphatic heterocycles. The van der Waals surface area contributed by atoms with Crippen LogP contribution in [0.4, 0.5) is 17.6 Å². The minimum Gasteiger partial charge on any atom is -0.288 e. The molecule has 0 bridgehead atoms. The maximum absolute atomic E-state index is 13.4. The first-order valence-electron chi connectivity index (χ1n) is 5.35. The van der Waals surface area contributed by atoms with Gasteiger partial charge in [-0.05, 0) is 36.8 Å². The number of hydrogen-bond donors (Lipinski definition) is 0. The van der Waals surface area contributed by atoms with Gasteiger partial charge in [-0.15, -0.1) is 0 Å². The summed E-state index contributed by atoms with van der Waals surface area (Å²) < 4.78 is 52.3. The number of carbonyl (C=O) groups excluding carboxylic acids is 1. The standard InChI is InChI=1S/C14H8F4O/c1-7-4-8(2-3-10(7)15)14(19)9-5-12(17)13(18)6-11(9)16/h2-6H,1H3. The number of aryl methyl sites for hydroxylation is 1. The number of hydrogen-bond acceptors (Lipinski definition) is 1. The Bertz CT molecular complexity index is 665. The van der Waals surface area contributed by atoms with E-state index in [1.165, 1.54) is 13.0 Å². The molecular formula is C14H8F4O. The molecule has 0 fully saturated rings. The molecular weight excluding hydrogens is 260 g/mol. The zero-order valence-corrected chi connectivity index (χ0v) is 9.81. The summed E-state index contributed by atoms with van der Waals surface area (Å²) in [7, 11) is 0.